The lowest BCUT2D eigenvalue weighted by molar-refractivity contribution is -0.138. The van der Waals surface area contributed by atoms with Crippen LogP contribution in [-0.2, 0) is 16.0 Å². The standard InChI is InChI=1S/C11H11NO5/c12-9(11(15)16)3-7-1-2-8(5-13)10(4-7)17-6-14/h1-2,4-6,9H,3,12H2,(H,15,16). The summed E-state index contributed by atoms with van der Waals surface area (Å²) in [6.07, 6.45) is 0.628. The van der Waals surface area contributed by atoms with Gasteiger partial charge in [-0.25, -0.2) is 0 Å². The van der Waals surface area contributed by atoms with Crippen LogP contribution in [0.2, 0.25) is 0 Å². The van der Waals surface area contributed by atoms with Gasteiger partial charge in [-0.1, -0.05) is 6.07 Å². The molecule has 1 atom stereocenters. The highest BCUT2D eigenvalue weighted by Crippen LogP contribution is 2.19. The van der Waals surface area contributed by atoms with Gasteiger partial charge in [0.2, 0.25) is 0 Å². The van der Waals surface area contributed by atoms with Crippen LogP contribution in [0.3, 0.4) is 0 Å². The van der Waals surface area contributed by atoms with E-state index in [1.165, 1.54) is 12.1 Å². The Labute approximate surface area is 97.0 Å². The summed E-state index contributed by atoms with van der Waals surface area (Å²) in [6.45, 7) is 0.198. The number of carbonyl (C=O) groups is 3. The lowest BCUT2D eigenvalue weighted by atomic mass is 10.0. The van der Waals surface area contributed by atoms with Gasteiger partial charge >= 0.3 is 5.97 Å². The fraction of sp³-hybridized carbons (Fsp3) is 0.182. The fourth-order valence-corrected chi connectivity index (χ4v) is 1.30. The van der Waals surface area contributed by atoms with Crippen molar-refractivity contribution >= 4 is 18.7 Å². The molecule has 1 aromatic carbocycles. The summed E-state index contributed by atoms with van der Waals surface area (Å²) >= 11 is 0. The number of rotatable bonds is 6. The molecule has 1 rings (SSSR count). The molecule has 0 aliphatic rings. The summed E-state index contributed by atoms with van der Waals surface area (Å²) in [5.41, 5.74) is 6.15. The van der Waals surface area contributed by atoms with E-state index in [-0.39, 0.29) is 24.2 Å². The molecule has 0 aromatic heterocycles. The predicted molar refractivity (Wildman–Crippen MR) is 57.8 cm³/mol. The molecule has 0 saturated heterocycles. The first kappa shape index (κ1) is 12.9. The van der Waals surface area contributed by atoms with Gasteiger partial charge in [0.15, 0.2) is 6.29 Å². The van der Waals surface area contributed by atoms with Crippen molar-refractivity contribution in [2.45, 2.75) is 12.5 Å². The predicted octanol–water partition coefficient (Wildman–Crippen LogP) is -0.0113. The van der Waals surface area contributed by atoms with Crippen LogP contribution in [0.25, 0.3) is 0 Å². The minimum atomic E-state index is -1.12. The van der Waals surface area contributed by atoms with E-state index in [9.17, 15) is 14.4 Å². The number of carbonyl (C=O) groups excluding carboxylic acids is 2. The molecule has 3 N–H and O–H groups in total. The normalized spacial score (nSPS) is 11.6. The zero-order valence-electron chi connectivity index (χ0n) is 8.83. The fourth-order valence-electron chi connectivity index (χ4n) is 1.30. The first-order valence-electron chi connectivity index (χ1n) is 4.75. The smallest absolute Gasteiger partial charge is 0.320 e. The van der Waals surface area contributed by atoms with E-state index < -0.39 is 12.0 Å². The van der Waals surface area contributed by atoms with Crippen molar-refractivity contribution in [3.05, 3.63) is 29.3 Å². The third-order valence-electron chi connectivity index (χ3n) is 2.15. The minimum absolute atomic E-state index is 0.0870. The molecule has 0 saturated carbocycles. The number of ether oxygens (including phenoxy) is 1. The van der Waals surface area contributed by atoms with Gasteiger partial charge in [0.05, 0.1) is 5.56 Å². The van der Waals surface area contributed by atoms with E-state index in [1.807, 2.05) is 0 Å². The van der Waals surface area contributed by atoms with E-state index >= 15 is 0 Å². The summed E-state index contributed by atoms with van der Waals surface area (Å²) in [5.74, 6) is -1.03. The number of benzene rings is 1. The van der Waals surface area contributed by atoms with Gasteiger partial charge in [-0.15, -0.1) is 0 Å². The second-order valence-electron chi connectivity index (χ2n) is 3.35. The zero-order valence-corrected chi connectivity index (χ0v) is 8.83. The molecule has 1 aromatic rings. The Balaban J connectivity index is 2.95. The summed E-state index contributed by atoms with van der Waals surface area (Å²) in [7, 11) is 0. The van der Waals surface area contributed by atoms with Crippen molar-refractivity contribution in [3.63, 3.8) is 0 Å². The largest absolute Gasteiger partial charge is 0.480 e. The van der Waals surface area contributed by atoms with Crippen LogP contribution in [0.4, 0.5) is 0 Å². The highest BCUT2D eigenvalue weighted by molar-refractivity contribution is 5.80. The Morgan fingerprint density at radius 3 is 2.71 bits per heavy atom. The van der Waals surface area contributed by atoms with Crippen molar-refractivity contribution in [2.75, 3.05) is 0 Å². The number of carboxylic acid groups (broad SMARTS) is 1. The number of carboxylic acids is 1. The summed E-state index contributed by atoms with van der Waals surface area (Å²) < 4.78 is 4.61. The van der Waals surface area contributed by atoms with Crippen molar-refractivity contribution in [1.29, 1.82) is 0 Å². The number of hydrogen-bond acceptors (Lipinski definition) is 5. The second-order valence-corrected chi connectivity index (χ2v) is 3.35. The number of nitrogens with two attached hydrogens (primary N) is 1. The summed E-state index contributed by atoms with van der Waals surface area (Å²) in [4.78, 5) is 31.4. The van der Waals surface area contributed by atoms with Crippen LogP contribution in [0.1, 0.15) is 15.9 Å². The average Bonchev–Trinajstić information content (AvgIpc) is 2.29. The Bertz CT molecular complexity index is 443. The van der Waals surface area contributed by atoms with E-state index in [2.05, 4.69) is 4.74 Å². The molecule has 0 aliphatic heterocycles. The third-order valence-corrected chi connectivity index (χ3v) is 2.15. The van der Waals surface area contributed by atoms with Crippen LogP contribution in [0, 0.1) is 0 Å². The third kappa shape index (κ3) is 3.39. The lowest BCUT2D eigenvalue weighted by Crippen LogP contribution is -2.32. The molecule has 0 aliphatic carbocycles. The van der Waals surface area contributed by atoms with Gasteiger partial charge < -0.3 is 15.6 Å². The lowest BCUT2D eigenvalue weighted by Gasteiger charge is -2.08. The Kier molecular flexibility index (Phi) is 4.36. The highest BCUT2D eigenvalue weighted by atomic mass is 16.5. The molecule has 90 valence electrons. The molecule has 0 heterocycles. The number of hydrogen-bond donors (Lipinski definition) is 2. The van der Waals surface area contributed by atoms with Crippen LogP contribution in [0.15, 0.2) is 18.2 Å². The van der Waals surface area contributed by atoms with Crippen LogP contribution in [-0.4, -0.2) is 29.9 Å². The first-order valence-corrected chi connectivity index (χ1v) is 4.75. The molecule has 6 heteroatoms. The van der Waals surface area contributed by atoms with E-state index in [0.717, 1.165) is 0 Å². The number of aldehydes is 1. The molecule has 17 heavy (non-hydrogen) atoms. The van der Waals surface area contributed by atoms with Crippen molar-refractivity contribution in [1.82, 2.24) is 0 Å². The van der Waals surface area contributed by atoms with Gasteiger partial charge in [0.1, 0.15) is 11.8 Å². The van der Waals surface area contributed by atoms with Crippen molar-refractivity contribution in [2.24, 2.45) is 5.73 Å². The van der Waals surface area contributed by atoms with E-state index in [1.54, 1.807) is 6.07 Å². The average molecular weight is 237 g/mol. The quantitative estimate of drug-likeness (QED) is 0.674. The number of aliphatic carboxylic acids is 1. The van der Waals surface area contributed by atoms with Crippen LogP contribution in [0.5, 0.6) is 5.75 Å². The van der Waals surface area contributed by atoms with Gasteiger partial charge in [-0.3, -0.25) is 14.4 Å². The SMILES string of the molecule is NC(Cc1ccc(C=O)c(OC=O)c1)C(=O)O. The zero-order chi connectivity index (χ0) is 12.8. The maximum Gasteiger partial charge on any atom is 0.320 e. The van der Waals surface area contributed by atoms with Crippen LogP contribution >= 0.6 is 0 Å². The van der Waals surface area contributed by atoms with Crippen molar-refractivity contribution in [3.8, 4) is 5.75 Å². The maximum atomic E-state index is 10.6. The molecule has 0 spiro atoms. The molecule has 6 nitrogen and oxygen atoms in total. The van der Waals surface area contributed by atoms with Crippen LogP contribution < -0.4 is 10.5 Å². The summed E-state index contributed by atoms with van der Waals surface area (Å²) in [5, 5.41) is 8.65. The molecular formula is C11H11NO5. The van der Waals surface area contributed by atoms with E-state index in [0.29, 0.717) is 11.8 Å². The first-order chi connectivity index (χ1) is 8.08. The summed E-state index contributed by atoms with van der Waals surface area (Å²) in [6, 6.07) is 3.38. The Hall–Kier alpha value is -2.21. The Morgan fingerprint density at radius 1 is 1.47 bits per heavy atom. The molecule has 0 fully saturated rings. The van der Waals surface area contributed by atoms with Gasteiger partial charge in [0.25, 0.3) is 6.47 Å². The van der Waals surface area contributed by atoms with Crippen molar-refractivity contribution < 1.29 is 24.2 Å². The van der Waals surface area contributed by atoms with Gasteiger partial charge in [-0.2, -0.15) is 0 Å². The van der Waals surface area contributed by atoms with Gasteiger partial charge in [0, 0.05) is 0 Å². The second kappa shape index (κ2) is 5.76. The Morgan fingerprint density at radius 2 is 2.18 bits per heavy atom. The van der Waals surface area contributed by atoms with E-state index in [4.69, 9.17) is 10.8 Å². The highest BCUT2D eigenvalue weighted by Gasteiger charge is 2.13. The molecule has 0 bridgehead atoms. The molecule has 1 unspecified atom stereocenters. The monoisotopic (exact) mass is 237 g/mol. The molecule has 0 amide bonds. The topological polar surface area (TPSA) is 107 Å². The minimum Gasteiger partial charge on any atom is -0.480 e. The maximum absolute atomic E-state index is 10.6. The molecule has 0 radical (unpaired) electrons. The molecular weight excluding hydrogens is 226 g/mol. The van der Waals surface area contributed by atoms with Gasteiger partial charge in [-0.05, 0) is 24.1 Å².